The lowest BCUT2D eigenvalue weighted by Gasteiger charge is -2.17. The lowest BCUT2D eigenvalue weighted by Crippen LogP contribution is -1.95. The summed E-state index contributed by atoms with van der Waals surface area (Å²) in [6.07, 6.45) is 0. The maximum atomic E-state index is 5.39. The Morgan fingerprint density at radius 2 is 0.607 bits per heavy atom. The molecule has 0 aliphatic rings. The summed E-state index contributed by atoms with van der Waals surface area (Å²) in [5, 5.41) is 3.50. The highest BCUT2D eigenvalue weighted by Crippen LogP contribution is 2.42. The minimum absolute atomic E-state index is 0.921. The van der Waals surface area contributed by atoms with E-state index < -0.39 is 0 Å². The van der Waals surface area contributed by atoms with E-state index in [0.717, 1.165) is 55.8 Å². The van der Waals surface area contributed by atoms with Crippen molar-refractivity contribution < 1.29 is 0 Å². The molecule has 262 valence electrons. The summed E-state index contributed by atoms with van der Waals surface area (Å²) in [7, 11) is 0. The Balaban J connectivity index is 1.20. The van der Waals surface area contributed by atoms with Crippen molar-refractivity contribution in [2.24, 2.45) is 0 Å². The Kier molecular flexibility index (Phi) is 8.55. The van der Waals surface area contributed by atoms with E-state index in [1.807, 2.05) is 0 Å². The molecule has 0 amide bonds. The Hall–Kier alpha value is -7.42. The van der Waals surface area contributed by atoms with Gasteiger partial charge in [0.25, 0.3) is 0 Å². The molecule has 0 bridgehead atoms. The Morgan fingerprint density at radius 1 is 0.232 bits per heavy atom. The third-order valence-corrected chi connectivity index (χ3v) is 10.7. The number of benzene rings is 8. The van der Waals surface area contributed by atoms with E-state index >= 15 is 0 Å². The van der Waals surface area contributed by atoms with Gasteiger partial charge in [-0.2, -0.15) is 0 Å². The van der Waals surface area contributed by atoms with Crippen molar-refractivity contribution in [2.45, 2.75) is 0 Å². The van der Waals surface area contributed by atoms with Gasteiger partial charge in [0, 0.05) is 22.1 Å². The summed E-state index contributed by atoms with van der Waals surface area (Å²) in [5.74, 6) is 0. The average Bonchev–Trinajstić information content (AvgIpc) is 3.29. The third-order valence-electron chi connectivity index (χ3n) is 10.7. The number of fused-ring (bicyclic) bond motifs is 3. The van der Waals surface area contributed by atoms with Crippen LogP contribution < -0.4 is 0 Å². The smallest absolute Gasteiger partial charge is 0.0728 e. The molecule has 0 spiro atoms. The zero-order valence-corrected chi connectivity index (χ0v) is 30.7. The average molecular weight is 713 g/mol. The highest BCUT2D eigenvalue weighted by Gasteiger charge is 2.18. The van der Waals surface area contributed by atoms with Gasteiger partial charge < -0.3 is 0 Å². The third kappa shape index (κ3) is 6.34. The van der Waals surface area contributed by atoms with Crippen molar-refractivity contribution in [3.8, 4) is 78.3 Å². The van der Waals surface area contributed by atoms with Gasteiger partial charge in [0.2, 0.25) is 0 Å². The summed E-state index contributed by atoms with van der Waals surface area (Å²) in [6, 6.07) is 77.5. The van der Waals surface area contributed by atoms with Gasteiger partial charge in [-0.25, -0.2) is 9.97 Å². The van der Waals surface area contributed by atoms with Crippen LogP contribution in [0.2, 0.25) is 0 Å². The molecule has 8 aromatic carbocycles. The summed E-state index contributed by atoms with van der Waals surface area (Å²) >= 11 is 0. The molecule has 0 radical (unpaired) electrons. The minimum Gasteiger partial charge on any atom is -0.248 e. The van der Waals surface area contributed by atoms with E-state index in [1.54, 1.807) is 0 Å². The van der Waals surface area contributed by atoms with Gasteiger partial charge >= 0.3 is 0 Å². The topological polar surface area (TPSA) is 25.8 Å². The Labute approximate surface area is 327 Å². The fraction of sp³-hybridized carbons (Fsp3) is 0. The van der Waals surface area contributed by atoms with Crippen LogP contribution in [0.15, 0.2) is 218 Å². The molecule has 0 aliphatic heterocycles. The summed E-state index contributed by atoms with van der Waals surface area (Å²) < 4.78 is 0. The van der Waals surface area contributed by atoms with E-state index in [4.69, 9.17) is 9.97 Å². The van der Waals surface area contributed by atoms with E-state index in [0.29, 0.717) is 0 Å². The molecule has 10 aromatic rings. The highest BCUT2D eigenvalue weighted by molar-refractivity contribution is 6.18. The van der Waals surface area contributed by atoms with Crippen LogP contribution in [0.25, 0.3) is 100.0 Å². The molecule has 2 heteroatoms. The first-order chi connectivity index (χ1) is 27.7. The van der Waals surface area contributed by atoms with Crippen LogP contribution in [0.5, 0.6) is 0 Å². The van der Waals surface area contributed by atoms with Crippen molar-refractivity contribution in [2.75, 3.05) is 0 Å². The van der Waals surface area contributed by atoms with E-state index in [-0.39, 0.29) is 0 Å². The summed E-state index contributed by atoms with van der Waals surface area (Å²) in [6.45, 7) is 0. The zero-order valence-electron chi connectivity index (χ0n) is 30.7. The largest absolute Gasteiger partial charge is 0.248 e. The SMILES string of the molecule is c1ccc(-c2ccc(-c3cc(-c4cc5nc(-c6ccccc6)cc(-c6ccccc6)c5c5ccccc45)cc(-c4ccc(-c5ccccc5)cc4)n3)cc2)cc1. The maximum absolute atomic E-state index is 5.39. The molecule has 10 rings (SSSR count). The van der Waals surface area contributed by atoms with Crippen LogP contribution >= 0.6 is 0 Å². The van der Waals surface area contributed by atoms with Crippen molar-refractivity contribution in [3.63, 3.8) is 0 Å². The van der Waals surface area contributed by atoms with Gasteiger partial charge in [-0.1, -0.05) is 194 Å². The van der Waals surface area contributed by atoms with Crippen LogP contribution in [-0.2, 0) is 0 Å². The molecule has 0 N–H and O–H groups in total. The van der Waals surface area contributed by atoms with Crippen LogP contribution in [0, 0.1) is 0 Å². The van der Waals surface area contributed by atoms with Gasteiger partial charge in [-0.15, -0.1) is 0 Å². The molecular weight excluding hydrogens is 677 g/mol. The number of aromatic nitrogens is 2. The van der Waals surface area contributed by atoms with Gasteiger partial charge in [0.05, 0.1) is 22.6 Å². The van der Waals surface area contributed by atoms with Crippen molar-refractivity contribution in [1.82, 2.24) is 9.97 Å². The second-order valence-corrected chi connectivity index (χ2v) is 14.2. The van der Waals surface area contributed by atoms with Crippen molar-refractivity contribution in [1.29, 1.82) is 0 Å². The second kappa shape index (κ2) is 14.4. The lowest BCUT2D eigenvalue weighted by molar-refractivity contribution is 1.32. The molecule has 2 heterocycles. The van der Waals surface area contributed by atoms with E-state index in [1.165, 1.54) is 44.2 Å². The molecule has 0 unspecified atom stereocenters. The first-order valence-corrected chi connectivity index (χ1v) is 19.1. The predicted molar refractivity (Wildman–Crippen MR) is 235 cm³/mol. The molecule has 0 atom stereocenters. The number of nitrogens with zero attached hydrogens (tertiary/aromatic N) is 2. The second-order valence-electron chi connectivity index (χ2n) is 14.2. The normalized spacial score (nSPS) is 11.2. The van der Waals surface area contributed by atoms with Gasteiger partial charge in [0.15, 0.2) is 0 Å². The van der Waals surface area contributed by atoms with Gasteiger partial charge in [0.1, 0.15) is 0 Å². The highest BCUT2D eigenvalue weighted by atomic mass is 14.7. The predicted octanol–water partition coefficient (Wildman–Crippen LogP) is 14.5. The number of rotatable bonds is 7. The van der Waals surface area contributed by atoms with Crippen LogP contribution in [0.4, 0.5) is 0 Å². The first kappa shape index (κ1) is 33.2. The van der Waals surface area contributed by atoms with Gasteiger partial charge in [-0.3, -0.25) is 0 Å². The number of hydrogen-bond acceptors (Lipinski definition) is 2. The molecule has 0 saturated heterocycles. The molecule has 0 saturated carbocycles. The Bertz CT molecular complexity index is 2860. The standard InChI is InChI=1S/C54H36N2/c1-5-15-37(16-6-1)39-25-29-43(30-26-39)50-33-45(34-51(55-50)44-31-27-40(28-32-44)38-17-7-2-8-18-38)48-35-53-54(47-24-14-13-23-46(47)48)49(41-19-9-3-10-20-41)36-52(56-53)42-21-11-4-12-22-42/h1-36H. The molecule has 2 nitrogen and oxygen atoms in total. The maximum Gasteiger partial charge on any atom is 0.0728 e. The molecule has 0 fully saturated rings. The summed E-state index contributed by atoms with van der Waals surface area (Å²) in [5.41, 5.74) is 16.3. The van der Waals surface area contributed by atoms with Crippen LogP contribution in [-0.4, -0.2) is 9.97 Å². The molecular formula is C54H36N2. The number of pyridine rings is 2. The number of hydrogen-bond donors (Lipinski definition) is 0. The van der Waals surface area contributed by atoms with Crippen LogP contribution in [0.1, 0.15) is 0 Å². The van der Waals surface area contributed by atoms with Crippen molar-refractivity contribution >= 4 is 21.7 Å². The lowest BCUT2D eigenvalue weighted by atomic mass is 9.89. The fourth-order valence-corrected chi connectivity index (χ4v) is 7.85. The monoisotopic (exact) mass is 712 g/mol. The van der Waals surface area contributed by atoms with Crippen molar-refractivity contribution in [3.05, 3.63) is 218 Å². The van der Waals surface area contributed by atoms with Crippen LogP contribution in [0.3, 0.4) is 0 Å². The zero-order chi connectivity index (χ0) is 37.3. The fourth-order valence-electron chi connectivity index (χ4n) is 7.85. The van der Waals surface area contributed by atoms with Gasteiger partial charge in [-0.05, 0) is 79.5 Å². The van der Waals surface area contributed by atoms with E-state index in [9.17, 15) is 0 Å². The molecule has 56 heavy (non-hydrogen) atoms. The van der Waals surface area contributed by atoms with E-state index in [2.05, 4.69) is 218 Å². The minimum atomic E-state index is 0.921. The Morgan fingerprint density at radius 3 is 1.12 bits per heavy atom. The molecule has 0 aliphatic carbocycles. The summed E-state index contributed by atoms with van der Waals surface area (Å²) in [4.78, 5) is 10.7. The first-order valence-electron chi connectivity index (χ1n) is 19.1. The quantitative estimate of drug-likeness (QED) is 0.154. The molecule has 2 aromatic heterocycles.